The molecule has 0 spiro atoms. The lowest BCUT2D eigenvalue weighted by Gasteiger charge is -2.30. The van der Waals surface area contributed by atoms with Crippen molar-refractivity contribution in [1.29, 1.82) is 0 Å². The monoisotopic (exact) mass is 443 g/mol. The van der Waals surface area contributed by atoms with Crippen LogP contribution in [0, 0.1) is 0 Å². The Labute approximate surface area is 168 Å². The van der Waals surface area contributed by atoms with Crippen LogP contribution in [0.15, 0.2) is 27.7 Å². The number of ether oxygens (including phenoxy) is 1. The number of halogens is 1. The quantitative estimate of drug-likeness (QED) is 0.499. The maximum absolute atomic E-state index is 12.1. The number of hydrogen-bond donors (Lipinski definition) is 2. The van der Waals surface area contributed by atoms with E-state index in [9.17, 15) is 4.21 Å². The van der Waals surface area contributed by atoms with Crippen LogP contribution in [0.4, 0.5) is 0 Å². The van der Waals surface area contributed by atoms with Gasteiger partial charge in [0.25, 0.3) is 0 Å². The van der Waals surface area contributed by atoms with Gasteiger partial charge in [-0.1, -0.05) is 19.4 Å². The first-order valence-electron chi connectivity index (χ1n) is 9.31. The summed E-state index contributed by atoms with van der Waals surface area (Å²) in [5, 5.41) is 7.17. The molecule has 5 nitrogen and oxygen atoms in total. The van der Waals surface area contributed by atoms with E-state index in [1.54, 1.807) is 7.11 Å². The Morgan fingerprint density at radius 2 is 2.19 bits per heavy atom. The molecular formula is C19H30BrN3O2S. The van der Waals surface area contributed by atoms with E-state index in [-0.39, 0.29) is 0 Å². The molecule has 1 aromatic carbocycles. The molecule has 1 saturated carbocycles. The van der Waals surface area contributed by atoms with Crippen LogP contribution in [0.2, 0.25) is 0 Å². The van der Waals surface area contributed by atoms with Gasteiger partial charge in [0, 0.05) is 34.4 Å². The van der Waals surface area contributed by atoms with Crippen LogP contribution in [0.25, 0.3) is 0 Å². The Bertz CT molecular complexity index is 639. The standard InChI is InChI=1S/C19H30BrN3O2S/c1-4-21-19(22-13-14-9-10-18(25-3)17(20)11-14)23-15-7-6-8-16(12-15)26(24)5-2/h9-11,15-16H,4-8,12-13H2,1-3H3,(H2,21,22,23). The predicted molar refractivity (Wildman–Crippen MR) is 113 cm³/mol. The zero-order chi connectivity index (χ0) is 18.9. The molecule has 0 radical (unpaired) electrons. The van der Waals surface area contributed by atoms with E-state index in [2.05, 4.69) is 33.5 Å². The second kappa shape index (κ2) is 10.9. The lowest BCUT2D eigenvalue weighted by atomic mass is 9.95. The van der Waals surface area contributed by atoms with Gasteiger partial charge in [-0.15, -0.1) is 0 Å². The number of nitrogens with zero attached hydrogens (tertiary/aromatic N) is 1. The first-order valence-corrected chi connectivity index (χ1v) is 11.5. The lowest BCUT2D eigenvalue weighted by Crippen LogP contribution is -2.46. The van der Waals surface area contributed by atoms with Crippen LogP contribution in [-0.4, -0.2) is 40.9 Å². The van der Waals surface area contributed by atoms with Gasteiger partial charge in [0.05, 0.1) is 18.1 Å². The number of benzene rings is 1. The molecule has 1 aliphatic rings. The summed E-state index contributed by atoms with van der Waals surface area (Å²) < 4.78 is 18.3. The van der Waals surface area contributed by atoms with Gasteiger partial charge >= 0.3 is 0 Å². The summed E-state index contributed by atoms with van der Waals surface area (Å²) in [5.74, 6) is 2.39. The predicted octanol–water partition coefficient (Wildman–Crippen LogP) is 3.59. The highest BCUT2D eigenvalue weighted by Crippen LogP contribution is 2.26. The molecule has 26 heavy (non-hydrogen) atoms. The fraction of sp³-hybridized carbons (Fsp3) is 0.632. The Balaban J connectivity index is 2.00. The van der Waals surface area contributed by atoms with Crippen LogP contribution >= 0.6 is 15.9 Å². The van der Waals surface area contributed by atoms with E-state index >= 15 is 0 Å². The van der Waals surface area contributed by atoms with Crippen molar-refractivity contribution >= 4 is 32.7 Å². The van der Waals surface area contributed by atoms with E-state index in [1.807, 2.05) is 25.1 Å². The van der Waals surface area contributed by atoms with E-state index < -0.39 is 10.8 Å². The molecule has 3 unspecified atom stereocenters. The number of methoxy groups -OCH3 is 1. The molecule has 1 aliphatic carbocycles. The van der Waals surface area contributed by atoms with Crippen LogP contribution < -0.4 is 15.4 Å². The Kier molecular flexibility index (Phi) is 8.91. The van der Waals surface area contributed by atoms with Crippen molar-refractivity contribution in [3.05, 3.63) is 28.2 Å². The normalized spacial score (nSPS) is 21.9. The van der Waals surface area contributed by atoms with Crippen molar-refractivity contribution in [2.45, 2.75) is 57.4 Å². The summed E-state index contributed by atoms with van der Waals surface area (Å²) in [4.78, 5) is 4.72. The number of guanidine groups is 1. The van der Waals surface area contributed by atoms with Gasteiger partial charge in [-0.25, -0.2) is 4.99 Å². The van der Waals surface area contributed by atoms with Gasteiger partial charge in [-0.3, -0.25) is 4.21 Å². The topological polar surface area (TPSA) is 62.7 Å². The van der Waals surface area contributed by atoms with Crippen molar-refractivity contribution in [2.24, 2.45) is 4.99 Å². The summed E-state index contributed by atoms with van der Waals surface area (Å²) >= 11 is 3.52. The van der Waals surface area contributed by atoms with Crippen molar-refractivity contribution in [3.63, 3.8) is 0 Å². The first-order chi connectivity index (χ1) is 12.6. The second-order valence-corrected chi connectivity index (χ2v) is 9.32. The van der Waals surface area contributed by atoms with Crippen molar-refractivity contribution in [2.75, 3.05) is 19.4 Å². The molecule has 3 atom stereocenters. The highest BCUT2D eigenvalue weighted by Gasteiger charge is 2.26. The van der Waals surface area contributed by atoms with E-state index in [4.69, 9.17) is 9.73 Å². The van der Waals surface area contributed by atoms with Crippen molar-refractivity contribution in [1.82, 2.24) is 10.6 Å². The molecule has 0 aliphatic heterocycles. The minimum atomic E-state index is -0.709. The third-order valence-electron chi connectivity index (χ3n) is 4.60. The lowest BCUT2D eigenvalue weighted by molar-refractivity contribution is 0.412. The molecule has 0 aromatic heterocycles. The van der Waals surface area contributed by atoms with Crippen molar-refractivity contribution < 1.29 is 8.95 Å². The van der Waals surface area contributed by atoms with E-state index in [0.29, 0.717) is 17.8 Å². The number of rotatable bonds is 7. The third kappa shape index (κ3) is 6.27. The van der Waals surface area contributed by atoms with Crippen LogP contribution in [0.1, 0.15) is 45.1 Å². The number of hydrogen-bond acceptors (Lipinski definition) is 3. The highest BCUT2D eigenvalue weighted by molar-refractivity contribution is 9.10. The third-order valence-corrected chi connectivity index (χ3v) is 6.96. The minimum Gasteiger partial charge on any atom is -0.496 e. The van der Waals surface area contributed by atoms with Gasteiger partial charge in [0.1, 0.15) is 5.75 Å². The summed E-state index contributed by atoms with van der Waals surface area (Å²) in [5.41, 5.74) is 1.11. The number of nitrogens with one attached hydrogen (secondary N) is 2. The van der Waals surface area contributed by atoms with Gasteiger partial charge in [-0.05, 0) is 59.8 Å². The van der Waals surface area contributed by atoms with Crippen molar-refractivity contribution in [3.8, 4) is 5.75 Å². The first kappa shape index (κ1) is 21.2. The summed E-state index contributed by atoms with van der Waals surface area (Å²) in [6.45, 7) is 5.48. The zero-order valence-electron chi connectivity index (χ0n) is 15.9. The smallest absolute Gasteiger partial charge is 0.191 e. The molecule has 0 amide bonds. The highest BCUT2D eigenvalue weighted by atomic mass is 79.9. The van der Waals surface area contributed by atoms with Gasteiger partial charge in [0.15, 0.2) is 5.96 Å². The van der Waals surface area contributed by atoms with Gasteiger partial charge in [-0.2, -0.15) is 0 Å². The minimum absolute atomic E-state index is 0.312. The fourth-order valence-corrected chi connectivity index (χ4v) is 5.18. The number of aliphatic imine (C=N–C) groups is 1. The van der Waals surface area contributed by atoms with E-state index in [0.717, 1.165) is 59.7 Å². The Morgan fingerprint density at radius 3 is 2.85 bits per heavy atom. The maximum atomic E-state index is 12.1. The van der Waals surface area contributed by atoms with Crippen LogP contribution in [0.3, 0.4) is 0 Å². The largest absolute Gasteiger partial charge is 0.496 e. The molecule has 146 valence electrons. The molecule has 0 bridgehead atoms. The Morgan fingerprint density at radius 1 is 1.38 bits per heavy atom. The fourth-order valence-electron chi connectivity index (χ4n) is 3.24. The average molecular weight is 444 g/mol. The summed E-state index contributed by atoms with van der Waals surface area (Å²) in [6.07, 6.45) is 4.26. The molecule has 2 rings (SSSR count). The molecule has 7 heteroatoms. The Hall–Kier alpha value is -1.08. The molecular weight excluding hydrogens is 414 g/mol. The van der Waals surface area contributed by atoms with Gasteiger partial charge in [0.2, 0.25) is 0 Å². The zero-order valence-corrected chi connectivity index (χ0v) is 18.3. The molecule has 2 N–H and O–H groups in total. The second-order valence-electron chi connectivity index (χ2n) is 6.46. The molecule has 1 aromatic rings. The molecule has 0 heterocycles. The molecule has 0 saturated heterocycles. The van der Waals surface area contributed by atoms with E-state index in [1.165, 1.54) is 0 Å². The van der Waals surface area contributed by atoms with Gasteiger partial charge < -0.3 is 15.4 Å². The van der Waals surface area contributed by atoms with Crippen LogP contribution in [0.5, 0.6) is 5.75 Å². The SMILES string of the molecule is CCNC(=NCc1ccc(OC)c(Br)c1)NC1CCCC(S(=O)CC)C1. The summed E-state index contributed by atoms with van der Waals surface area (Å²) in [7, 11) is 0.951. The molecule has 1 fully saturated rings. The van der Waals surface area contributed by atoms with Crippen LogP contribution in [-0.2, 0) is 17.3 Å². The maximum Gasteiger partial charge on any atom is 0.191 e. The average Bonchev–Trinajstić information content (AvgIpc) is 2.66. The summed E-state index contributed by atoms with van der Waals surface area (Å²) in [6, 6.07) is 6.34.